The average molecular weight is 315 g/mol. The Hall–Kier alpha value is -2.35. The average Bonchev–Trinajstić information content (AvgIpc) is 2.93. The summed E-state index contributed by atoms with van der Waals surface area (Å²) in [4.78, 5) is 19.1. The second-order valence-electron chi connectivity index (χ2n) is 5.68. The first-order chi connectivity index (χ1) is 11.3. The van der Waals surface area contributed by atoms with Crippen LogP contribution in [0.5, 0.6) is 0 Å². The van der Waals surface area contributed by atoms with Crippen LogP contribution < -0.4 is 5.32 Å². The lowest BCUT2D eigenvalue weighted by atomic mass is 10.1. The van der Waals surface area contributed by atoms with E-state index in [1.54, 1.807) is 6.20 Å². The molecule has 1 fully saturated rings. The van der Waals surface area contributed by atoms with Gasteiger partial charge in [0, 0.05) is 12.2 Å². The summed E-state index contributed by atoms with van der Waals surface area (Å²) < 4.78 is 1.46. The fraction of sp³-hybridized carbons (Fsp3) is 0.533. The summed E-state index contributed by atoms with van der Waals surface area (Å²) >= 11 is 0. The van der Waals surface area contributed by atoms with Gasteiger partial charge in [-0.05, 0) is 54.9 Å². The van der Waals surface area contributed by atoms with Crippen molar-refractivity contribution < 1.29 is 4.79 Å². The van der Waals surface area contributed by atoms with Crippen LogP contribution >= 0.6 is 0 Å². The van der Waals surface area contributed by atoms with E-state index in [2.05, 4.69) is 25.8 Å². The van der Waals surface area contributed by atoms with E-state index in [1.807, 2.05) is 23.1 Å². The van der Waals surface area contributed by atoms with E-state index in [1.165, 1.54) is 11.0 Å². The minimum Gasteiger partial charge on any atom is -0.332 e. The second kappa shape index (κ2) is 7.77. The quantitative estimate of drug-likeness (QED) is 0.850. The maximum absolute atomic E-state index is 12.8. The molecule has 1 N–H and O–H groups in total. The number of tetrazole rings is 1. The number of hydrogen-bond acceptors (Lipinski definition) is 6. The molecule has 0 aromatic carbocycles. The normalized spacial score (nSPS) is 18.3. The molecule has 0 bridgehead atoms. The molecule has 1 amide bonds. The Labute approximate surface area is 134 Å². The van der Waals surface area contributed by atoms with Gasteiger partial charge < -0.3 is 10.2 Å². The largest absolute Gasteiger partial charge is 0.332 e. The SMILES string of the molecule is O=C(Cn1cnnn1)N(Cc1ccccn1)C1CCCNCC1. The first-order valence-electron chi connectivity index (χ1n) is 7.94. The van der Waals surface area contributed by atoms with Crippen LogP contribution in [0.15, 0.2) is 30.7 Å². The zero-order chi connectivity index (χ0) is 15.9. The molecular formula is C15H21N7O. The molecule has 1 aliphatic rings. The highest BCUT2D eigenvalue weighted by Crippen LogP contribution is 2.17. The molecule has 2 aromatic rings. The third kappa shape index (κ3) is 4.32. The van der Waals surface area contributed by atoms with Crippen molar-refractivity contribution in [2.75, 3.05) is 13.1 Å². The van der Waals surface area contributed by atoms with Gasteiger partial charge in [0.15, 0.2) is 0 Å². The third-order valence-electron chi connectivity index (χ3n) is 4.05. The molecule has 8 heteroatoms. The molecule has 23 heavy (non-hydrogen) atoms. The van der Waals surface area contributed by atoms with Crippen molar-refractivity contribution in [2.45, 2.75) is 38.4 Å². The third-order valence-corrected chi connectivity index (χ3v) is 4.05. The molecule has 1 atom stereocenters. The van der Waals surface area contributed by atoms with Crippen molar-refractivity contribution in [2.24, 2.45) is 0 Å². The van der Waals surface area contributed by atoms with Crippen LogP contribution in [0.1, 0.15) is 25.0 Å². The zero-order valence-corrected chi connectivity index (χ0v) is 13.0. The van der Waals surface area contributed by atoms with E-state index in [9.17, 15) is 4.79 Å². The molecule has 3 rings (SSSR count). The Kier molecular flexibility index (Phi) is 5.25. The first kappa shape index (κ1) is 15.5. The van der Waals surface area contributed by atoms with Gasteiger partial charge in [-0.2, -0.15) is 0 Å². The highest BCUT2D eigenvalue weighted by atomic mass is 16.2. The summed E-state index contributed by atoms with van der Waals surface area (Å²) in [5, 5.41) is 14.3. The molecule has 3 heterocycles. The van der Waals surface area contributed by atoms with Gasteiger partial charge in [-0.3, -0.25) is 9.78 Å². The van der Waals surface area contributed by atoms with Crippen LogP contribution in [0.25, 0.3) is 0 Å². The predicted octanol–water partition coefficient (Wildman–Crippen LogP) is 0.239. The van der Waals surface area contributed by atoms with Crippen molar-refractivity contribution in [1.82, 2.24) is 35.4 Å². The minimum absolute atomic E-state index is 0.0230. The second-order valence-corrected chi connectivity index (χ2v) is 5.68. The number of hydrogen-bond donors (Lipinski definition) is 1. The monoisotopic (exact) mass is 315 g/mol. The van der Waals surface area contributed by atoms with Crippen molar-refractivity contribution in [3.8, 4) is 0 Å². The highest BCUT2D eigenvalue weighted by Gasteiger charge is 2.25. The van der Waals surface area contributed by atoms with Crippen LogP contribution in [-0.2, 0) is 17.9 Å². The van der Waals surface area contributed by atoms with Gasteiger partial charge in [0.25, 0.3) is 0 Å². The minimum atomic E-state index is 0.0230. The molecule has 0 aliphatic carbocycles. The Bertz CT molecular complexity index is 594. The lowest BCUT2D eigenvalue weighted by Gasteiger charge is -2.31. The van der Waals surface area contributed by atoms with Crippen LogP contribution in [0, 0.1) is 0 Å². The molecule has 1 saturated heterocycles. The summed E-state index contributed by atoms with van der Waals surface area (Å²) in [6.45, 7) is 2.62. The van der Waals surface area contributed by atoms with Gasteiger partial charge >= 0.3 is 0 Å². The number of aromatic nitrogens is 5. The van der Waals surface area contributed by atoms with E-state index in [0.29, 0.717) is 6.54 Å². The Morgan fingerprint density at radius 3 is 3.09 bits per heavy atom. The zero-order valence-electron chi connectivity index (χ0n) is 13.0. The number of amides is 1. The van der Waals surface area contributed by atoms with Crippen LogP contribution in [-0.4, -0.2) is 55.1 Å². The van der Waals surface area contributed by atoms with Crippen LogP contribution in [0.4, 0.5) is 0 Å². The smallest absolute Gasteiger partial charge is 0.245 e. The molecular weight excluding hydrogens is 294 g/mol. The van der Waals surface area contributed by atoms with Crippen LogP contribution in [0.3, 0.4) is 0 Å². The van der Waals surface area contributed by atoms with Crippen molar-refractivity contribution >= 4 is 5.91 Å². The fourth-order valence-electron chi connectivity index (χ4n) is 2.88. The lowest BCUT2D eigenvalue weighted by molar-refractivity contribution is -0.135. The summed E-state index contributed by atoms with van der Waals surface area (Å²) in [5.41, 5.74) is 0.898. The van der Waals surface area contributed by atoms with Gasteiger partial charge in [0.05, 0.1) is 12.2 Å². The number of carbonyl (C=O) groups excluding carboxylic acids is 1. The number of pyridine rings is 1. The van der Waals surface area contributed by atoms with E-state index in [0.717, 1.165) is 38.0 Å². The number of nitrogens with zero attached hydrogens (tertiary/aromatic N) is 6. The standard InChI is InChI=1S/C15H21N7O/c23-15(11-21-12-18-19-20-21)22(10-13-4-1-2-8-17-13)14-5-3-7-16-9-6-14/h1-2,4,8,12,14,16H,3,5-7,9-11H2. The Morgan fingerprint density at radius 2 is 2.30 bits per heavy atom. The summed E-state index contributed by atoms with van der Waals surface area (Å²) in [6, 6.07) is 6.00. The number of carbonyl (C=O) groups is 1. The molecule has 2 aromatic heterocycles. The molecule has 122 valence electrons. The predicted molar refractivity (Wildman–Crippen MR) is 83.1 cm³/mol. The summed E-state index contributed by atoms with van der Waals surface area (Å²) in [7, 11) is 0. The number of nitrogens with one attached hydrogen (secondary N) is 1. The van der Waals surface area contributed by atoms with Crippen molar-refractivity contribution in [3.63, 3.8) is 0 Å². The fourth-order valence-corrected chi connectivity index (χ4v) is 2.88. The molecule has 1 unspecified atom stereocenters. The maximum atomic E-state index is 12.8. The number of rotatable bonds is 5. The van der Waals surface area contributed by atoms with Crippen LogP contribution in [0.2, 0.25) is 0 Å². The van der Waals surface area contributed by atoms with Crippen molar-refractivity contribution in [1.29, 1.82) is 0 Å². The van der Waals surface area contributed by atoms with Gasteiger partial charge in [-0.15, -0.1) is 5.10 Å². The lowest BCUT2D eigenvalue weighted by Crippen LogP contribution is -2.42. The van der Waals surface area contributed by atoms with E-state index < -0.39 is 0 Å². The van der Waals surface area contributed by atoms with Gasteiger partial charge in [-0.1, -0.05) is 6.07 Å². The molecule has 0 radical (unpaired) electrons. The van der Waals surface area contributed by atoms with Crippen molar-refractivity contribution in [3.05, 3.63) is 36.4 Å². The summed E-state index contributed by atoms with van der Waals surface area (Å²) in [6.07, 6.45) is 6.25. The Balaban J connectivity index is 1.75. The molecule has 0 spiro atoms. The molecule has 0 saturated carbocycles. The molecule has 8 nitrogen and oxygen atoms in total. The molecule has 1 aliphatic heterocycles. The highest BCUT2D eigenvalue weighted by molar-refractivity contribution is 5.76. The topological polar surface area (TPSA) is 88.8 Å². The van der Waals surface area contributed by atoms with E-state index in [-0.39, 0.29) is 18.5 Å². The van der Waals surface area contributed by atoms with Gasteiger partial charge in [0.2, 0.25) is 5.91 Å². The van der Waals surface area contributed by atoms with Gasteiger partial charge in [0.1, 0.15) is 12.9 Å². The first-order valence-corrected chi connectivity index (χ1v) is 7.94. The van der Waals surface area contributed by atoms with Gasteiger partial charge in [-0.25, -0.2) is 4.68 Å². The maximum Gasteiger partial charge on any atom is 0.245 e. The van der Waals surface area contributed by atoms with E-state index >= 15 is 0 Å². The Morgan fingerprint density at radius 1 is 1.35 bits per heavy atom. The van der Waals surface area contributed by atoms with E-state index in [4.69, 9.17) is 0 Å². The summed E-state index contributed by atoms with van der Waals surface area (Å²) in [5.74, 6) is 0.0230.